The summed E-state index contributed by atoms with van der Waals surface area (Å²) in [6.07, 6.45) is 4.99. The van der Waals surface area contributed by atoms with Gasteiger partial charge in [-0.15, -0.1) is 0 Å². The Balaban J connectivity index is 1.20. The van der Waals surface area contributed by atoms with Crippen molar-refractivity contribution in [3.05, 3.63) is 59.9 Å². The van der Waals surface area contributed by atoms with Gasteiger partial charge in [0, 0.05) is 62.2 Å². The molecule has 12 heteroatoms. The topological polar surface area (TPSA) is 115 Å². The van der Waals surface area contributed by atoms with Crippen molar-refractivity contribution in [2.45, 2.75) is 56.8 Å². The van der Waals surface area contributed by atoms with Crippen molar-refractivity contribution in [1.82, 2.24) is 19.9 Å². The molecule has 3 saturated heterocycles. The molecule has 4 aromatic rings. The lowest BCUT2D eigenvalue weighted by molar-refractivity contribution is -0.133. The minimum absolute atomic E-state index is 0.0486. The first-order valence-corrected chi connectivity index (χ1v) is 15.5. The molecule has 1 amide bonds. The van der Waals surface area contributed by atoms with Crippen molar-refractivity contribution in [3.63, 3.8) is 0 Å². The fourth-order valence-electron chi connectivity index (χ4n) is 6.79. The van der Waals surface area contributed by atoms with Gasteiger partial charge in [0.1, 0.15) is 29.2 Å². The van der Waals surface area contributed by atoms with Crippen LogP contribution in [0.4, 0.5) is 27.7 Å². The van der Waals surface area contributed by atoms with Gasteiger partial charge >= 0.3 is 6.03 Å². The Morgan fingerprint density at radius 3 is 2.67 bits per heavy atom. The second kappa shape index (κ2) is 11.1. The largest absolute Gasteiger partial charge is 0.497 e. The summed E-state index contributed by atoms with van der Waals surface area (Å²) in [6, 6.07) is 13.9. The van der Waals surface area contributed by atoms with E-state index in [1.54, 1.807) is 20.5 Å². The smallest absolute Gasteiger partial charge is 0.328 e. The molecule has 6 bridgehead atoms. The highest BCUT2D eigenvalue weighted by Crippen LogP contribution is 2.36. The molecule has 5 aliphatic rings. The Morgan fingerprint density at radius 2 is 1.91 bits per heavy atom. The number of rotatable bonds is 6. The number of carbonyl (C=O) groups excluding carboxylic acids is 1. The lowest BCUT2D eigenvalue weighted by atomic mass is 9.89. The molecule has 4 fully saturated rings. The first-order valence-electron chi connectivity index (χ1n) is 15.5. The van der Waals surface area contributed by atoms with E-state index in [-0.39, 0.29) is 18.2 Å². The van der Waals surface area contributed by atoms with Gasteiger partial charge in [-0.3, -0.25) is 0 Å². The van der Waals surface area contributed by atoms with E-state index in [1.165, 1.54) is 4.57 Å². The van der Waals surface area contributed by atoms with Gasteiger partial charge in [0.2, 0.25) is 0 Å². The maximum Gasteiger partial charge on any atom is 0.328 e. The third-order valence-corrected chi connectivity index (χ3v) is 9.37. The van der Waals surface area contributed by atoms with Crippen LogP contribution in [-0.4, -0.2) is 79.3 Å². The van der Waals surface area contributed by atoms with Gasteiger partial charge in [-0.25, -0.2) is 19.3 Å². The fraction of sp³-hybridized carbons (Fsp3) is 0.424. The number of pyridine rings is 1. The number of anilines is 4. The van der Waals surface area contributed by atoms with Crippen molar-refractivity contribution < 1.29 is 23.7 Å². The van der Waals surface area contributed by atoms with Crippen LogP contribution in [0, 0.1) is 0 Å². The number of fused-ring (bicyclic) bond motifs is 6. The van der Waals surface area contributed by atoms with Gasteiger partial charge in [0.15, 0.2) is 5.65 Å². The molecule has 2 unspecified atom stereocenters. The summed E-state index contributed by atoms with van der Waals surface area (Å²) in [5.41, 5.74) is 6.02. The maximum atomic E-state index is 13.5. The van der Waals surface area contributed by atoms with E-state index in [4.69, 9.17) is 23.9 Å². The van der Waals surface area contributed by atoms with E-state index in [2.05, 4.69) is 43.6 Å². The zero-order chi connectivity index (χ0) is 30.7. The number of hydrogen-bond donors (Lipinski definition) is 2. The van der Waals surface area contributed by atoms with Gasteiger partial charge in [0.05, 0.1) is 50.9 Å². The highest BCUT2D eigenvalue weighted by atomic mass is 16.5. The highest BCUT2D eigenvalue weighted by molar-refractivity contribution is 5.95. The summed E-state index contributed by atoms with van der Waals surface area (Å²) in [5.74, 6) is 2.06. The Hall–Kier alpha value is -4.55. The van der Waals surface area contributed by atoms with Crippen LogP contribution in [-0.2, 0) is 22.6 Å². The van der Waals surface area contributed by atoms with E-state index in [1.807, 2.05) is 31.3 Å². The molecule has 1 aliphatic carbocycles. The second-order valence-electron chi connectivity index (χ2n) is 12.4. The van der Waals surface area contributed by atoms with Crippen LogP contribution in [0.1, 0.15) is 30.4 Å². The van der Waals surface area contributed by atoms with Crippen LogP contribution < -0.4 is 29.9 Å². The standard InChI is InChI=1S/C33H37N7O5/c1-38(14-20-4-5-23(42-2)12-29(20)43-3)27-13-30-35-21-8-19(9-22(10-21)39-15-24-11-25(16-39)45-24)17-44-28-7-6-26(28)36-33(41)40-18-34-31(27)32(40)37-30/h4-5,8-10,12-13,18,24-26,28H,6-7,11,14-17H2,1-3H3,(H,35,37)(H,36,41)/t24?,25?,26-,28-/m1/s1. The summed E-state index contributed by atoms with van der Waals surface area (Å²) < 4.78 is 24.8. The van der Waals surface area contributed by atoms with Crippen molar-refractivity contribution in [2.24, 2.45) is 0 Å². The molecule has 234 valence electrons. The third kappa shape index (κ3) is 5.17. The fourth-order valence-corrected chi connectivity index (χ4v) is 6.79. The van der Waals surface area contributed by atoms with Crippen LogP contribution in [0.2, 0.25) is 0 Å². The summed E-state index contributed by atoms with van der Waals surface area (Å²) in [5, 5.41) is 6.71. The van der Waals surface area contributed by atoms with Gasteiger partial charge < -0.3 is 39.4 Å². The predicted molar refractivity (Wildman–Crippen MR) is 170 cm³/mol. The quantitative estimate of drug-likeness (QED) is 0.325. The minimum atomic E-state index is -0.269. The van der Waals surface area contributed by atoms with Crippen LogP contribution in [0.3, 0.4) is 0 Å². The molecule has 45 heavy (non-hydrogen) atoms. The average molecular weight is 612 g/mol. The number of benzene rings is 2. The summed E-state index contributed by atoms with van der Waals surface area (Å²) in [6.45, 7) is 2.75. The first-order chi connectivity index (χ1) is 21.9. The molecule has 2 aromatic heterocycles. The zero-order valence-corrected chi connectivity index (χ0v) is 25.7. The SMILES string of the molecule is COc1ccc(CN(C)c2cc3nc4c2ncn4C(=O)N[C@@H]2CC[C@H]2OCc2cc(cc(N4CC5CC(C4)O5)c2)N3)c(OC)c1. The number of ether oxygens (including phenoxy) is 4. The molecule has 9 rings (SSSR count). The minimum Gasteiger partial charge on any atom is -0.497 e. The Kier molecular flexibility index (Phi) is 6.90. The number of morpholine rings is 1. The maximum absolute atomic E-state index is 13.5. The van der Waals surface area contributed by atoms with E-state index >= 15 is 0 Å². The number of hydrogen-bond acceptors (Lipinski definition) is 10. The van der Waals surface area contributed by atoms with Crippen LogP contribution in [0.5, 0.6) is 11.5 Å². The highest BCUT2D eigenvalue weighted by Gasteiger charge is 2.39. The van der Waals surface area contributed by atoms with Gasteiger partial charge in [0.25, 0.3) is 0 Å². The molecule has 4 aliphatic heterocycles. The normalized spacial score (nSPS) is 23.6. The molecule has 0 radical (unpaired) electrons. The van der Waals surface area contributed by atoms with Crippen LogP contribution in [0.15, 0.2) is 48.8 Å². The number of nitrogens with zero attached hydrogens (tertiary/aromatic N) is 5. The number of carbonyl (C=O) groups is 1. The van der Waals surface area contributed by atoms with E-state index < -0.39 is 0 Å². The second-order valence-corrected chi connectivity index (χ2v) is 12.4. The predicted octanol–water partition coefficient (Wildman–Crippen LogP) is 4.42. The molecular weight excluding hydrogens is 574 g/mol. The molecule has 1 saturated carbocycles. The van der Waals surface area contributed by atoms with E-state index in [0.717, 1.165) is 72.0 Å². The van der Waals surface area contributed by atoms with Gasteiger partial charge in [-0.2, -0.15) is 0 Å². The Bertz CT molecular complexity index is 1760. The molecule has 4 atom stereocenters. The average Bonchev–Trinajstić information content (AvgIpc) is 3.46. The number of nitrogens with one attached hydrogen (secondary N) is 2. The summed E-state index contributed by atoms with van der Waals surface area (Å²) in [4.78, 5) is 27.6. The zero-order valence-electron chi connectivity index (χ0n) is 25.7. The molecule has 6 heterocycles. The molecule has 2 aromatic carbocycles. The third-order valence-electron chi connectivity index (χ3n) is 9.37. The van der Waals surface area contributed by atoms with Crippen molar-refractivity contribution in [2.75, 3.05) is 49.5 Å². The molecule has 12 nitrogen and oxygen atoms in total. The summed E-state index contributed by atoms with van der Waals surface area (Å²) >= 11 is 0. The molecule has 0 spiro atoms. The van der Waals surface area contributed by atoms with Gasteiger partial charge in [-0.1, -0.05) is 0 Å². The first kappa shape index (κ1) is 28.0. The van der Waals surface area contributed by atoms with E-state index in [0.29, 0.717) is 42.3 Å². The number of piperidine rings is 1. The number of imidazole rings is 1. The molecular formula is C33H37N7O5. The van der Waals surface area contributed by atoms with Gasteiger partial charge in [-0.05, 0) is 48.7 Å². The monoisotopic (exact) mass is 611 g/mol. The van der Waals surface area contributed by atoms with Crippen molar-refractivity contribution in [3.8, 4) is 11.5 Å². The Labute approximate surface area is 261 Å². The van der Waals surface area contributed by atoms with Crippen LogP contribution >= 0.6 is 0 Å². The van der Waals surface area contributed by atoms with E-state index in [9.17, 15) is 4.79 Å². The van der Waals surface area contributed by atoms with Crippen molar-refractivity contribution >= 4 is 40.1 Å². The number of amides is 1. The van der Waals surface area contributed by atoms with Crippen LogP contribution in [0.25, 0.3) is 11.2 Å². The van der Waals surface area contributed by atoms with Crippen molar-refractivity contribution in [1.29, 1.82) is 0 Å². The summed E-state index contributed by atoms with van der Waals surface area (Å²) in [7, 11) is 5.29. The lowest BCUT2D eigenvalue weighted by Crippen LogP contribution is -2.57. The lowest BCUT2D eigenvalue weighted by Gasteiger charge is -2.48. The number of aromatic nitrogens is 3. The molecule has 2 N–H and O–H groups in total. The number of methoxy groups -OCH3 is 2. The Morgan fingerprint density at radius 1 is 1.07 bits per heavy atom.